The van der Waals surface area contributed by atoms with Crippen molar-refractivity contribution < 1.29 is 14.3 Å². The van der Waals surface area contributed by atoms with E-state index >= 15 is 0 Å². The molecular weight excluding hydrogens is 240 g/mol. The first-order valence-corrected chi connectivity index (χ1v) is 6.68. The number of hydrogen-bond acceptors (Lipinski definition) is 3. The van der Waals surface area contributed by atoms with Gasteiger partial charge in [0.05, 0.1) is 12.0 Å². The zero-order valence-electron chi connectivity index (χ0n) is 12.7. The molecule has 1 unspecified atom stereocenters. The first kappa shape index (κ1) is 15.5. The first-order valence-electron chi connectivity index (χ1n) is 6.68. The Balaban J connectivity index is 2.72. The predicted octanol–water partition coefficient (Wildman–Crippen LogP) is 3.92. The van der Waals surface area contributed by atoms with E-state index in [-0.39, 0.29) is 18.0 Å². The third-order valence-corrected chi connectivity index (χ3v) is 2.51. The number of esters is 1. The van der Waals surface area contributed by atoms with Crippen LogP contribution in [0.25, 0.3) is 0 Å². The Kier molecular flexibility index (Phi) is 4.98. The van der Waals surface area contributed by atoms with Gasteiger partial charge in [0, 0.05) is 0 Å². The van der Waals surface area contributed by atoms with Crippen LogP contribution in [-0.4, -0.2) is 17.7 Å². The fraction of sp³-hybridized carbons (Fsp3) is 0.562. The van der Waals surface area contributed by atoms with Crippen LogP contribution in [-0.2, 0) is 9.53 Å². The highest BCUT2D eigenvalue weighted by atomic mass is 16.6. The van der Waals surface area contributed by atoms with Gasteiger partial charge in [-0.15, -0.1) is 0 Å². The maximum Gasteiger partial charge on any atom is 0.313 e. The summed E-state index contributed by atoms with van der Waals surface area (Å²) in [5.41, 5.74) is 0.483. The normalized spacial score (nSPS) is 13.2. The van der Waals surface area contributed by atoms with Crippen LogP contribution in [0.3, 0.4) is 0 Å². The van der Waals surface area contributed by atoms with Crippen molar-refractivity contribution in [3.63, 3.8) is 0 Å². The van der Waals surface area contributed by atoms with Gasteiger partial charge in [-0.25, -0.2) is 0 Å². The molecule has 0 heterocycles. The zero-order chi connectivity index (χ0) is 14.6. The Hall–Kier alpha value is -1.51. The molecule has 19 heavy (non-hydrogen) atoms. The lowest BCUT2D eigenvalue weighted by molar-refractivity contribution is -0.156. The van der Waals surface area contributed by atoms with E-state index < -0.39 is 5.60 Å². The SMILES string of the molecule is CC(C)Oc1ccc(C(C)C(=O)OC(C)(C)C)cc1. The van der Waals surface area contributed by atoms with Gasteiger partial charge in [-0.2, -0.15) is 0 Å². The molecule has 0 radical (unpaired) electrons. The Morgan fingerprint density at radius 2 is 1.58 bits per heavy atom. The maximum absolute atomic E-state index is 12.0. The highest BCUT2D eigenvalue weighted by molar-refractivity contribution is 5.78. The summed E-state index contributed by atoms with van der Waals surface area (Å²) in [4.78, 5) is 12.0. The quantitative estimate of drug-likeness (QED) is 0.773. The molecule has 0 aliphatic carbocycles. The zero-order valence-corrected chi connectivity index (χ0v) is 12.7. The highest BCUT2D eigenvalue weighted by Gasteiger charge is 2.22. The van der Waals surface area contributed by atoms with E-state index in [4.69, 9.17) is 9.47 Å². The molecule has 0 amide bonds. The van der Waals surface area contributed by atoms with Crippen LogP contribution in [0.15, 0.2) is 24.3 Å². The van der Waals surface area contributed by atoms with Gasteiger partial charge in [-0.05, 0) is 59.2 Å². The molecule has 3 heteroatoms. The van der Waals surface area contributed by atoms with E-state index in [1.165, 1.54) is 0 Å². The molecule has 0 bridgehead atoms. The van der Waals surface area contributed by atoms with Crippen molar-refractivity contribution in [2.45, 2.75) is 59.2 Å². The molecule has 0 aliphatic rings. The average Bonchev–Trinajstić information content (AvgIpc) is 2.26. The van der Waals surface area contributed by atoms with E-state index in [1.54, 1.807) is 0 Å². The van der Waals surface area contributed by atoms with Gasteiger partial charge < -0.3 is 9.47 Å². The van der Waals surface area contributed by atoms with Gasteiger partial charge in [0.15, 0.2) is 0 Å². The number of ether oxygens (including phenoxy) is 2. The molecule has 1 aromatic rings. The number of carbonyl (C=O) groups is 1. The lowest BCUT2D eigenvalue weighted by Crippen LogP contribution is -2.26. The van der Waals surface area contributed by atoms with E-state index in [9.17, 15) is 4.79 Å². The molecule has 0 aromatic heterocycles. The van der Waals surface area contributed by atoms with Crippen molar-refractivity contribution in [2.75, 3.05) is 0 Å². The van der Waals surface area contributed by atoms with Gasteiger partial charge in [0.25, 0.3) is 0 Å². The van der Waals surface area contributed by atoms with Crippen molar-refractivity contribution in [1.82, 2.24) is 0 Å². The number of benzene rings is 1. The number of rotatable bonds is 4. The summed E-state index contributed by atoms with van der Waals surface area (Å²) in [6.45, 7) is 11.4. The van der Waals surface area contributed by atoms with E-state index in [2.05, 4.69) is 0 Å². The third-order valence-electron chi connectivity index (χ3n) is 2.51. The molecule has 1 aromatic carbocycles. The van der Waals surface area contributed by atoms with Crippen LogP contribution < -0.4 is 4.74 Å². The lowest BCUT2D eigenvalue weighted by atomic mass is 10.0. The fourth-order valence-electron chi connectivity index (χ4n) is 1.63. The van der Waals surface area contributed by atoms with Crippen LogP contribution in [0, 0.1) is 0 Å². The summed E-state index contributed by atoms with van der Waals surface area (Å²) in [7, 11) is 0. The molecule has 0 spiro atoms. The topological polar surface area (TPSA) is 35.5 Å². The summed E-state index contributed by atoms with van der Waals surface area (Å²) in [6, 6.07) is 7.59. The fourth-order valence-corrected chi connectivity index (χ4v) is 1.63. The third kappa shape index (κ3) is 5.33. The molecule has 1 rings (SSSR count). The van der Waals surface area contributed by atoms with Crippen LogP contribution in [0.4, 0.5) is 0 Å². The molecule has 0 fully saturated rings. The summed E-state index contributed by atoms with van der Waals surface area (Å²) in [5.74, 6) is 0.340. The second-order valence-electron chi connectivity index (χ2n) is 5.99. The van der Waals surface area contributed by atoms with Crippen molar-refractivity contribution >= 4 is 5.97 Å². The van der Waals surface area contributed by atoms with E-state index in [0.717, 1.165) is 11.3 Å². The standard InChI is InChI=1S/C16H24O3/c1-11(2)18-14-9-7-13(8-10-14)12(3)15(17)19-16(4,5)6/h7-12H,1-6H3. The summed E-state index contributed by atoms with van der Waals surface area (Å²) < 4.78 is 11.0. The Morgan fingerprint density at radius 3 is 2.00 bits per heavy atom. The van der Waals surface area contributed by atoms with Crippen molar-refractivity contribution in [2.24, 2.45) is 0 Å². The average molecular weight is 264 g/mol. The minimum atomic E-state index is -0.452. The summed E-state index contributed by atoms with van der Waals surface area (Å²) in [5, 5.41) is 0. The maximum atomic E-state index is 12.0. The second-order valence-corrected chi connectivity index (χ2v) is 5.99. The molecule has 3 nitrogen and oxygen atoms in total. The largest absolute Gasteiger partial charge is 0.491 e. The van der Waals surface area contributed by atoms with Crippen molar-refractivity contribution in [3.8, 4) is 5.75 Å². The van der Waals surface area contributed by atoms with Crippen molar-refractivity contribution in [1.29, 1.82) is 0 Å². The monoisotopic (exact) mass is 264 g/mol. The Labute approximate surface area is 115 Å². The van der Waals surface area contributed by atoms with Gasteiger partial charge in [-0.1, -0.05) is 12.1 Å². The van der Waals surface area contributed by atoms with Crippen molar-refractivity contribution in [3.05, 3.63) is 29.8 Å². The predicted molar refractivity (Wildman–Crippen MR) is 76.5 cm³/mol. The van der Waals surface area contributed by atoms with Crippen LogP contribution in [0.5, 0.6) is 5.75 Å². The van der Waals surface area contributed by atoms with Gasteiger partial charge in [0.1, 0.15) is 11.4 Å². The molecule has 0 N–H and O–H groups in total. The van der Waals surface area contributed by atoms with Gasteiger partial charge >= 0.3 is 5.97 Å². The van der Waals surface area contributed by atoms with Crippen LogP contribution >= 0.6 is 0 Å². The molecular formula is C16H24O3. The van der Waals surface area contributed by atoms with E-state index in [0.29, 0.717) is 0 Å². The molecule has 0 aliphatic heterocycles. The molecule has 0 saturated carbocycles. The summed E-state index contributed by atoms with van der Waals surface area (Å²) in [6.07, 6.45) is 0.147. The smallest absolute Gasteiger partial charge is 0.313 e. The Morgan fingerprint density at radius 1 is 1.05 bits per heavy atom. The van der Waals surface area contributed by atoms with Crippen LogP contribution in [0.2, 0.25) is 0 Å². The first-order chi connectivity index (χ1) is 8.69. The van der Waals surface area contributed by atoms with Gasteiger partial charge in [0.2, 0.25) is 0 Å². The van der Waals surface area contributed by atoms with Crippen LogP contribution in [0.1, 0.15) is 53.0 Å². The van der Waals surface area contributed by atoms with E-state index in [1.807, 2.05) is 65.8 Å². The second kappa shape index (κ2) is 6.09. The molecule has 0 saturated heterocycles. The lowest BCUT2D eigenvalue weighted by Gasteiger charge is -2.22. The molecule has 106 valence electrons. The minimum Gasteiger partial charge on any atom is -0.491 e. The number of carbonyl (C=O) groups excluding carboxylic acids is 1. The molecule has 1 atom stereocenters. The Bertz CT molecular complexity index is 413. The minimum absolute atomic E-state index is 0.147. The highest BCUT2D eigenvalue weighted by Crippen LogP contribution is 2.23. The van der Waals surface area contributed by atoms with Gasteiger partial charge in [-0.3, -0.25) is 4.79 Å². The summed E-state index contributed by atoms with van der Waals surface area (Å²) >= 11 is 0. The number of hydrogen-bond donors (Lipinski definition) is 0.